The van der Waals surface area contributed by atoms with E-state index < -0.39 is 0 Å². The summed E-state index contributed by atoms with van der Waals surface area (Å²) in [5.41, 5.74) is 2.19. The van der Waals surface area contributed by atoms with Crippen LogP contribution in [0.5, 0.6) is 0 Å². The summed E-state index contributed by atoms with van der Waals surface area (Å²) in [6, 6.07) is 0. The Hall–Kier alpha value is -0.123. The van der Waals surface area contributed by atoms with E-state index in [1.807, 2.05) is 0 Å². The molecule has 0 aromatic carbocycles. The predicted octanol–water partition coefficient (Wildman–Crippen LogP) is -0.589. The zero-order valence-electron chi connectivity index (χ0n) is 7.15. The summed E-state index contributed by atoms with van der Waals surface area (Å²) < 4.78 is 0. The van der Waals surface area contributed by atoms with Gasteiger partial charge in [0.1, 0.15) is 0 Å². The van der Waals surface area contributed by atoms with Gasteiger partial charge in [0.05, 0.1) is 6.17 Å². The molecular weight excluding hydrogens is 140 g/mol. The molecule has 0 bridgehead atoms. The average molecular weight is 158 g/mol. The Morgan fingerprint density at radius 2 is 1.80 bits per heavy atom. The second-order valence-corrected chi connectivity index (χ2v) is 2.79. The van der Waals surface area contributed by atoms with Crippen molar-refractivity contribution in [2.75, 3.05) is 13.1 Å². The summed E-state index contributed by atoms with van der Waals surface area (Å²) in [6.45, 7) is 6.27. The van der Waals surface area contributed by atoms with Crippen LogP contribution in [0.25, 0.3) is 0 Å². The van der Waals surface area contributed by atoms with Gasteiger partial charge < -0.3 is 0 Å². The van der Waals surface area contributed by atoms with E-state index in [1.165, 1.54) is 0 Å². The first-order valence-electron chi connectivity index (χ1n) is 3.94. The molecule has 0 radical (unpaired) electrons. The molecule has 0 atom stereocenters. The van der Waals surface area contributed by atoms with Crippen LogP contribution in [0.2, 0.25) is 0 Å². The largest absolute Gasteiger partial charge is 0.299 e. The van der Waals surface area contributed by atoms with Crippen LogP contribution in [0, 0.1) is 0 Å². The van der Waals surface area contributed by atoms with Gasteiger partial charge in [-0.15, -0.1) is 5.70 Å². The van der Waals surface area contributed by atoms with Crippen LogP contribution in [0.3, 0.4) is 0 Å². The van der Waals surface area contributed by atoms with Gasteiger partial charge in [0, 0.05) is 10.2 Å². The van der Waals surface area contributed by atoms with E-state index in [0.717, 1.165) is 23.3 Å². The predicted molar refractivity (Wildman–Crippen MR) is 50.2 cm³/mol. The summed E-state index contributed by atoms with van der Waals surface area (Å²) in [7, 11) is 1.14. The monoisotopic (exact) mass is 158 g/mol. The van der Waals surface area contributed by atoms with E-state index in [-0.39, 0.29) is 0 Å². The molecular formula is C7H18N2Si. The molecule has 0 aliphatic heterocycles. The molecule has 0 rings (SSSR count). The molecule has 60 valence electrons. The molecule has 0 aromatic heterocycles. The van der Waals surface area contributed by atoms with Gasteiger partial charge in [0.2, 0.25) is 0 Å². The van der Waals surface area contributed by atoms with Gasteiger partial charge in [0.15, 0.2) is 0 Å². The summed E-state index contributed by atoms with van der Waals surface area (Å²) in [6.07, 6.45) is 2.56. The Morgan fingerprint density at radius 3 is 2.10 bits per heavy atom. The minimum atomic E-state index is 0.382. The van der Waals surface area contributed by atoms with Crippen molar-refractivity contribution in [3.63, 3.8) is 0 Å². The molecule has 3 heteroatoms. The van der Waals surface area contributed by atoms with E-state index in [0.29, 0.717) is 6.17 Å². The Kier molecular flexibility index (Phi) is 6.90. The average Bonchev–Trinajstić information content (AvgIpc) is 1.90. The van der Waals surface area contributed by atoms with Crippen molar-refractivity contribution in [3.8, 4) is 0 Å². The smallest absolute Gasteiger partial charge is 0.0759 e. The third kappa shape index (κ3) is 4.73. The Balaban J connectivity index is 3.50. The van der Waals surface area contributed by atoms with E-state index in [4.69, 9.17) is 0 Å². The first-order valence-corrected chi connectivity index (χ1v) is 5.10. The lowest BCUT2D eigenvalue weighted by Gasteiger charge is -2.13. The number of hydrogen-bond acceptors (Lipinski definition) is 2. The van der Waals surface area contributed by atoms with E-state index >= 15 is 0 Å². The normalized spacial score (nSPS) is 11.9. The molecule has 0 spiro atoms. The summed E-state index contributed by atoms with van der Waals surface area (Å²) in [5, 5.41) is 6.62. The van der Waals surface area contributed by atoms with E-state index in [9.17, 15) is 0 Å². The van der Waals surface area contributed by atoms with Crippen LogP contribution < -0.4 is 10.6 Å². The highest BCUT2D eigenvalue weighted by molar-refractivity contribution is 6.17. The number of likely N-dealkylation sites (N-methyl/N-ethyl adjacent to an activating group) is 2. The van der Waals surface area contributed by atoms with Crippen molar-refractivity contribution >= 4 is 10.2 Å². The number of nitrogens with one attached hydrogen (secondary N) is 2. The summed E-state index contributed by atoms with van der Waals surface area (Å²) in [5.74, 6) is 0. The Bertz CT molecular complexity index is 87.6. The molecule has 0 aliphatic carbocycles. The van der Waals surface area contributed by atoms with Gasteiger partial charge in [-0.2, -0.15) is 0 Å². The summed E-state index contributed by atoms with van der Waals surface area (Å²) >= 11 is 0. The van der Waals surface area contributed by atoms with Crippen molar-refractivity contribution in [2.45, 2.75) is 20.0 Å². The maximum atomic E-state index is 3.31. The molecule has 0 heterocycles. The number of hydrogen-bond donors (Lipinski definition) is 2. The lowest BCUT2D eigenvalue weighted by molar-refractivity contribution is 0.520. The highest BCUT2D eigenvalue weighted by Crippen LogP contribution is 1.78. The lowest BCUT2D eigenvalue weighted by Crippen LogP contribution is -2.40. The third-order valence-corrected chi connectivity index (χ3v) is 1.62. The second kappa shape index (κ2) is 6.99. The molecule has 0 aromatic rings. The van der Waals surface area contributed by atoms with Crippen LogP contribution in [-0.4, -0.2) is 29.5 Å². The van der Waals surface area contributed by atoms with Crippen molar-refractivity contribution in [1.82, 2.24) is 10.6 Å². The highest BCUT2D eigenvalue weighted by atomic mass is 28.1. The van der Waals surface area contributed by atoms with Gasteiger partial charge in [-0.25, -0.2) is 0 Å². The van der Waals surface area contributed by atoms with Crippen molar-refractivity contribution in [2.24, 2.45) is 0 Å². The zero-order chi connectivity index (χ0) is 7.82. The fourth-order valence-corrected chi connectivity index (χ4v) is 1.23. The van der Waals surface area contributed by atoms with Gasteiger partial charge in [-0.05, 0) is 13.1 Å². The van der Waals surface area contributed by atoms with E-state index in [2.05, 4.69) is 36.3 Å². The fourth-order valence-electron chi connectivity index (χ4n) is 0.841. The first kappa shape index (κ1) is 9.88. The zero-order valence-corrected chi connectivity index (χ0v) is 9.15. The van der Waals surface area contributed by atoms with Gasteiger partial charge in [0.25, 0.3) is 0 Å². The second-order valence-electron chi connectivity index (χ2n) is 2.12. The molecule has 2 N–H and O–H groups in total. The first-order chi connectivity index (χ1) is 4.85. The van der Waals surface area contributed by atoms with Crippen LogP contribution in [-0.2, 0) is 0 Å². The molecule has 0 amide bonds. The Morgan fingerprint density at radius 1 is 1.30 bits per heavy atom. The maximum absolute atomic E-state index is 3.31. The Labute approximate surface area is 66.5 Å². The van der Waals surface area contributed by atoms with Crippen LogP contribution in [0.4, 0.5) is 0 Å². The molecule has 2 nitrogen and oxygen atoms in total. The standard InChI is InChI=1S/C7H18N2Si/c1-3-8-7(5-6-10)9-4-2/h5-9H,3-4H2,1-2,10H3. The molecule has 0 fully saturated rings. The van der Waals surface area contributed by atoms with Crippen LogP contribution >= 0.6 is 0 Å². The SMILES string of the molecule is CCNC(C=C[SiH3])NCC. The van der Waals surface area contributed by atoms with E-state index in [1.54, 1.807) is 0 Å². The molecule has 0 saturated carbocycles. The fraction of sp³-hybridized carbons (Fsp3) is 0.714. The topological polar surface area (TPSA) is 24.1 Å². The minimum Gasteiger partial charge on any atom is -0.299 e. The van der Waals surface area contributed by atoms with Crippen molar-refractivity contribution in [1.29, 1.82) is 0 Å². The highest BCUT2D eigenvalue weighted by Gasteiger charge is 1.95. The lowest BCUT2D eigenvalue weighted by atomic mass is 10.4. The van der Waals surface area contributed by atoms with Crippen molar-refractivity contribution < 1.29 is 0 Å². The molecule has 0 saturated heterocycles. The molecule has 0 unspecified atom stereocenters. The van der Waals surface area contributed by atoms with Crippen LogP contribution in [0.1, 0.15) is 13.8 Å². The third-order valence-electron chi connectivity index (χ3n) is 1.23. The molecule has 10 heavy (non-hydrogen) atoms. The summed E-state index contributed by atoms with van der Waals surface area (Å²) in [4.78, 5) is 0. The van der Waals surface area contributed by atoms with Gasteiger partial charge in [-0.1, -0.05) is 19.9 Å². The number of rotatable bonds is 5. The quantitative estimate of drug-likeness (QED) is 0.413. The van der Waals surface area contributed by atoms with Gasteiger partial charge in [-0.3, -0.25) is 10.6 Å². The maximum Gasteiger partial charge on any atom is 0.0759 e. The molecule has 0 aliphatic rings. The van der Waals surface area contributed by atoms with Gasteiger partial charge >= 0.3 is 0 Å². The van der Waals surface area contributed by atoms with Crippen LogP contribution in [0.15, 0.2) is 11.8 Å². The van der Waals surface area contributed by atoms with Crippen molar-refractivity contribution in [3.05, 3.63) is 11.8 Å². The minimum absolute atomic E-state index is 0.382.